The summed E-state index contributed by atoms with van der Waals surface area (Å²) in [6, 6.07) is 0. The molecule has 0 heterocycles. The molecule has 0 aromatic heterocycles. The van der Waals surface area contributed by atoms with E-state index < -0.39 is 0 Å². The van der Waals surface area contributed by atoms with Gasteiger partial charge in [-0.1, -0.05) is 24.3 Å². The third kappa shape index (κ3) is 7.57. The van der Waals surface area contributed by atoms with Gasteiger partial charge in [-0.15, -0.1) is 11.8 Å². The maximum atomic E-state index is 2.04. The average molecular weight is 140 g/mol. The normalized spacial score (nSPS) is 12.7. The smallest absolute Gasteiger partial charge is 0.0248 e. The molecule has 0 fully saturated rings. The van der Waals surface area contributed by atoms with Crippen molar-refractivity contribution in [1.82, 2.24) is 0 Å². The number of rotatable bonds is 3. The molecule has 0 saturated heterocycles. The molecule has 0 aromatic carbocycles. The van der Waals surface area contributed by atoms with Crippen LogP contribution in [0, 0.1) is 0 Å². The van der Waals surface area contributed by atoms with E-state index >= 15 is 0 Å². The molecular weight excluding hydrogens is 128 g/mol. The lowest BCUT2D eigenvalue weighted by Gasteiger charge is -1.75. The summed E-state index contributed by atoms with van der Waals surface area (Å²) in [4.78, 5) is 0. The standard InChI is InChI=1S/C8H12S/c1-3-5-6-8-9-7-4-2/h3-8H,1-2H3/b5-3-,7-4+,8-6-. The highest BCUT2D eigenvalue weighted by molar-refractivity contribution is 8.04. The van der Waals surface area contributed by atoms with Crippen molar-refractivity contribution in [3.8, 4) is 0 Å². The molecule has 0 aliphatic rings. The fourth-order valence-electron chi connectivity index (χ4n) is 0.326. The van der Waals surface area contributed by atoms with Gasteiger partial charge in [-0.2, -0.15) is 0 Å². The van der Waals surface area contributed by atoms with Crippen LogP contribution in [0.4, 0.5) is 0 Å². The molecule has 50 valence electrons. The average Bonchev–Trinajstić information content (AvgIpc) is 1.89. The second kappa shape index (κ2) is 7.57. The number of hydrogen-bond acceptors (Lipinski definition) is 1. The van der Waals surface area contributed by atoms with Crippen LogP contribution in [0.25, 0.3) is 0 Å². The summed E-state index contributed by atoms with van der Waals surface area (Å²) < 4.78 is 0. The highest BCUT2D eigenvalue weighted by atomic mass is 32.2. The molecule has 0 unspecified atom stereocenters. The van der Waals surface area contributed by atoms with Crippen molar-refractivity contribution in [1.29, 1.82) is 0 Å². The van der Waals surface area contributed by atoms with Crippen molar-refractivity contribution in [2.24, 2.45) is 0 Å². The number of thioether (sulfide) groups is 1. The van der Waals surface area contributed by atoms with Gasteiger partial charge in [0.05, 0.1) is 0 Å². The van der Waals surface area contributed by atoms with E-state index in [0.717, 1.165) is 0 Å². The monoisotopic (exact) mass is 140 g/mol. The topological polar surface area (TPSA) is 0 Å². The predicted octanol–water partition coefficient (Wildman–Crippen LogP) is 3.34. The Kier molecular flexibility index (Phi) is 7.21. The first-order valence-corrected chi connectivity index (χ1v) is 3.90. The molecule has 0 atom stereocenters. The van der Waals surface area contributed by atoms with E-state index in [0.29, 0.717) is 0 Å². The zero-order valence-corrected chi connectivity index (χ0v) is 6.69. The minimum atomic E-state index is 1.68. The Morgan fingerprint density at radius 3 is 2.22 bits per heavy atom. The summed E-state index contributed by atoms with van der Waals surface area (Å²) in [5.41, 5.74) is 0. The minimum absolute atomic E-state index is 1.68. The second-order valence-electron chi connectivity index (χ2n) is 1.46. The predicted molar refractivity (Wildman–Crippen MR) is 46.4 cm³/mol. The number of allylic oxidation sites excluding steroid dienone is 4. The first-order chi connectivity index (χ1) is 4.41. The quantitative estimate of drug-likeness (QED) is 0.542. The maximum Gasteiger partial charge on any atom is -0.0248 e. The van der Waals surface area contributed by atoms with Crippen LogP contribution in [0.1, 0.15) is 13.8 Å². The van der Waals surface area contributed by atoms with E-state index in [1.54, 1.807) is 11.8 Å². The molecule has 0 N–H and O–H groups in total. The number of hydrogen-bond donors (Lipinski definition) is 0. The third-order valence-electron chi connectivity index (χ3n) is 0.675. The molecule has 0 aromatic rings. The largest absolute Gasteiger partial charge is 0.106 e. The van der Waals surface area contributed by atoms with Crippen molar-refractivity contribution in [3.05, 3.63) is 35.1 Å². The Balaban J connectivity index is 3.25. The Labute approximate surface area is 61.3 Å². The lowest BCUT2D eigenvalue weighted by atomic mass is 10.5. The van der Waals surface area contributed by atoms with Gasteiger partial charge in [0.25, 0.3) is 0 Å². The van der Waals surface area contributed by atoms with Crippen LogP contribution >= 0.6 is 11.8 Å². The lowest BCUT2D eigenvalue weighted by Crippen LogP contribution is -1.44. The van der Waals surface area contributed by atoms with E-state index in [2.05, 4.69) is 0 Å². The fraction of sp³-hybridized carbons (Fsp3) is 0.250. The van der Waals surface area contributed by atoms with Gasteiger partial charge >= 0.3 is 0 Å². The third-order valence-corrected chi connectivity index (χ3v) is 1.42. The molecule has 0 aliphatic carbocycles. The van der Waals surface area contributed by atoms with E-state index in [1.807, 2.05) is 49.0 Å². The van der Waals surface area contributed by atoms with Gasteiger partial charge in [-0.05, 0) is 24.7 Å². The Morgan fingerprint density at radius 1 is 0.889 bits per heavy atom. The first kappa shape index (κ1) is 8.57. The van der Waals surface area contributed by atoms with Crippen LogP contribution in [0.3, 0.4) is 0 Å². The van der Waals surface area contributed by atoms with Crippen molar-refractivity contribution < 1.29 is 0 Å². The Morgan fingerprint density at radius 2 is 1.67 bits per heavy atom. The van der Waals surface area contributed by atoms with Gasteiger partial charge in [0, 0.05) is 0 Å². The highest BCUT2D eigenvalue weighted by Gasteiger charge is 1.64. The van der Waals surface area contributed by atoms with Crippen molar-refractivity contribution >= 4 is 11.8 Å². The molecule has 9 heavy (non-hydrogen) atoms. The van der Waals surface area contributed by atoms with Crippen LogP contribution in [0.2, 0.25) is 0 Å². The van der Waals surface area contributed by atoms with Crippen molar-refractivity contribution in [2.75, 3.05) is 0 Å². The molecule has 0 saturated carbocycles. The second-order valence-corrected chi connectivity index (χ2v) is 2.28. The summed E-state index contributed by atoms with van der Waals surface area (Å²) in [7, 11) is 0. The molecule has 0 amide bonds. The summed E-state index contributed by atoms with van der Waals surface area (Å²) in [6.45, 7) is 4.02. The van der Waals surface area contributed by atoms with Gasteiger partial charge in [-0.25, -0.2) is 0 Å². The van der Waals surface area contributed by atoms with Gasteiger partial charge < -0.3 is 0 Å². The van der Waals surface area contributed by atoms with E-state index in [-0.39, 0.29) is 0 Å². The van der Waals surface area contributed by atoms with Crippen LogP contribution in [-0.4, -0.2) is 0 Å². The van der Waals surface area contributed by atoms with Crippen molar-refractivity contribution in [3.63, 3.8) is 0 Å². The Hall–Kier alpha value is -0.430. The SMILES string of the molecule is C/C=C\C=C/S/C=C/C. The minimum Gasteiger partial charge on any atom is -0.106 e. The summed E-state index contributed by atoms with van der Waals surface area (Å²) >= 11 is 1.68. The fourth-order valence-corrected chi connectivity index (χ4v) is 0.755. The van der Waals surface area contributed by atoms with Crippen LogP contribution in [0.5, 0.6) is 0 Å². The molecule has 0 bridgehead atoms. The first-order valence-electron chi connectivity index (χ1n) is 2.96. The van der Waals surface area contributed by atoms with Gasteiger partial charge in [0.2, 0.25) is 0 Å². The summed E-state index contributed by atoms with van der Waals surface area (Å²) in [6.07, 6.45) is 8.05. The van der Waals surface area contributed by atoms with Crippen molar-refractivity contribution in [2.45, 2.75) is 13.8 Å². The lowest BCUT2D eigenvalue weighted by molar-refractivity contribution is 1.74. The van der Waals surface area contributed by atoms with Gasteiger partial charge in [-0.3, -0.25) is 0 Å². The Bertz CT molecular complexity index is 121. The summed E-state index contributed by atoms with van der Waals surface area (Å²) in [5.74, 6) is 0. The molecule has 1 heteroatoms. The molecule has 0 rings (SSSR count). The maximum absolute atomic E-state index is 2.04. The molecular formula is C8H12S. The summed E-state index contributed by atoms with van der Waals surface area (Å²) in [5, 5.41) is 4.08. The molecule has 0 nitrogen and oxygen atoms in total. The van der Waals surface area contributed by atoms with Crippen LogP contribution in [-0.2, 0) is 0 Å². The van der Waals surface area contributed by atoms with Crippen LogP contribution < -0.4 is 0 Å². The van der Waals surface area contributed by atoms with Gasteiger partial charge in [0.15, 0.2) is 0 Å². The zero-order chi connectivity index (χ0) is 6.95. The highest BCUT2D eigenvalue weighted by Crippen LogP contribution is 2.02. The van der Waals surface area contributed by atoms with E-state index in [4.69, 9.17) is 0 Å². The van der Waals surface area contributed by atoms with Crippen LogP contribution in [0.15, 0.2) is 35.1 Å². The molecule has 0 spiro atoms. The van der Waals surface area contributed by atoms with E-state index in [1.165, 1.54) is 0 Å². The molecule has 0 radical (unpaired) electrons. The molecule has 0 aliphatic heterocycles. The van der Waals surface area contributed by atoms with Gasteiger partial charge in [0.1, 0.15) is 0 Å². The zero-order valence-electron chi connectivity index (χ0n) is 5.87. The van der Waals surface area contributed by atoms with E-state index in [9.17, 15) is 0 Å².